The molecular formula is C16H20N4O. The van der Waals surface area contributed by atoms with Crippen LogP contribution in [0.2, 0.25) is 0 Å². The number of nitrogens with zero attached hydrogens (tertiary/aromatic N) is 4. The predicted molar refractivity (Wildman–Crippen MR) is 80.5 cm³/mol. The second-order valence-corrected chi connectivity index (χ2v) is 5.35. The van der Waals surface area contributed by atoms with E-state index < -0.39 is 0 Å². The molecule has 0 aliphatic carbocycles. The maximum Gasteiger partial charge on any atom is 0.220 e. The van der Waals surface area contributed by atoms with Gasteiger partial charge in [0.05, 0.1) is 23.1 Å². The van der Waals surface area contributed by atoms with E-state index in [0.717, 1.165) is 43.0 Å². The summed E-state index contributed by atoms with van der Waals surface area (Å²) in [7, 11) is 0. The minimum atomic E-state index is 0.112. The van der Waals surface area contributed by atoms with Crippen molar-refractivity contribution in [1.82, 2.24) is 19.7 Å². The number of hydrogen-bond donors (Lipinski definition) is 0. The minimum absolute atomic E-state index is 0.112. The second-order valence-electron chi connectivity index (χ2n) is 5.35. The van der Waals surface area contributed by atoms with Crippen molar-refractivity contribution in [1.29, 1.82) is 0 Å². The lowest BCUT2D eigenvalue weighted by Crippen LogP contribution is -2.28. The third-order valence-electron chi connectivity index (χ3n) is 4.05. The van der Waals surface area contributed by atoms with Gasteiger partial charge in [0.15, 0.2) is 0 Å². The zero-order chi connectivity index (χ0) is 14.8. The van der Waals surface area contributed by atoms with Crippen LogP contribution in [-0.4, -0.2) is 32.1 Å². The van der Waals surface area contributed by atoms with Crippen LogP contribution < -0.4 is 0 Å². The number of aromatic nitrogens is 3. The molecule has 2 aromatic rings. The molecule has 3 rings (SSSR count). The van der Waals surface area contributed by atoms with Gasteiger partial charge in [-0.15, -0.1) is 0 Å². The topological polar surface area (TPSA) is 51.0 Å². The van der Waals surface area contributed by atoms with E-state index in [1.165, 1.54) is 0 Å². The Balaban J connectivity index is 1.95. The lowest BCUT2D eigenvalue weighted by Gasteiger charge is -2.23. The van der Waals surface area contributed by atoms with Gasteiger partial charge in [-0.2, -0.15) is 5.10 Å². The summed E-state index contributed by atoms with van der Waals surface area (Å²) in [5, 5.41) is 4.29. The maximum atomic E-state index is 11.7. The van der Waals surface area contributed by atoms with Gasteiger partial charge in [0.1, 0.15) is 0 Å². The molecule has 0 N–H and O–H groups in total. The number of rotatable bonds is 3. The molecule has 0 aromatic carbocycles. The van der Waals surface area contributed by atoms with Crippen LogP contribution in [0.25, 0.3) is 11.4 Å². The molecule has 1 atom stereocenters. The first-order valence-corrected chi connectivity index (χ1v) is 7.47. The predicted octanol–water partition coefficient (Wildman–Crippen LogP) is 2.65. The van der Waals surface area contributed by atoms with Gasteiger partial charge in [0, 0.05) is 26.2 Å². The molecule has 21 heavy (non-hydrogen) atoms. The van der Waals surface area contributed by atoms with Gasteiger partial charge in [-0.05, 0) is 38.0 Å². The Kier molecular flexibility index (Phi) is 3.73. The Hall–Kier alpha value is -2.17. The smallest absolute Gasteiger partial charge is 0.220 e. The van der Waals surface area contributed by atoms with Crippen molar-refractivity contribution in [2.75, 3.05) is 6.54 Å². The number of hydrogen-bond acceptors (Lipinski definition) is 3. The number of carbonyl (C=O) groups is 1. The van der Waals surface area contributed by atoms with Crippen molar-refractivity contribution in [2.45, 2.75) is 39.3 Å². The molecule has 110 valence electrons. The Labute approximate surface area is 124 Å². The lowest BCUT2D eigenvalue weighted by atomic mass is 10.1. The van der Waals surface area contributed by atoms with Gasteiger partial charge in [-0.3, -0.25) is 9.48 Å². The summed E-state index contributed by atoms with van der Waals surface area (Å²) in [6.45, 7) is 5.35. The third-order valence-corrected chi connectivity index (χ3v) is 4.05. The summed E-state index contributed by atoms with van der Waals surface area (Å²) in [6, 6.07) is 8.12. The summed E-state index contributed by atoms with van der Waals surface area (Å²) in [6.07, 6.45) is 3.83. The zero-order valence-corrected chi connectivity index (χ0v) is 12.5. The van der Waals surface area contributed by atoms with Crippen molar-refractivity contribution in [2.24, 2.45) is 0 Å². The molecule has 0 spiro atoms. The van der Waals surface area contributed by atoms with Gasteiger partial charge in [-0.1, -0.05) is 6.07 Å². The minimum Gasteiger partial charge on any atom is -0.334 e. The van der Waals surface area contributed by atoms with Crippen LogP contribution in [0.5, 0.6) is 0 Å². The maximum absolute atomic E-state index is 11.7. The normalized spacial score (nSPS) is 18.2. The molecule has 0 bridgehead atoms. The van der Waals surface area contributed by atoms with E-state index in [0.29, 0.717) is 0 Å². The highest BCUT2D eigenvalue weighted by Crippen LogP contribution is 2.31. The highest BCUT2D eigenvalue weighted by molar-refractivity contribution is 5.74. The lowest BCUT2D eigenvalue weighted by molar-refractivity contribution is -0.129. The summed E-state index contributed by atoms with van der Waals surface area (Å²) in [4.78, 5) is 18.4. The van der Waals surface area contributed by atoms with Crippen molar-refractivity contribution >= 4 is 5.91 Å². The third kappa shape index (κ3) is 2.55. The number of amides is 1. The van der Waals surface area contributed by atoms with Crippen LogP contribution in [0, 0.1) is 0 Å². The largest absolute Gasteiger partial charge is 0.334 e. The molecule has 1 aliphatic heterocycles. The summed E-state index contributed by atoms with van der Waals surface area (Å²) in [5.74, 6) is 0.128. The molecule has 0 radical (unpaired) electrons. The molecule has 1 unspecified atom stereocenters. The van der Waals surface area contributed by atoms with E-state index in [4.69, 9.17) is 4.98 Å². The quantitative estimate of drug-likeness (QED) is 0.870. The Morgan fingerprint density at radius 3 is 3.00 bits per heavy atom. The fourth-order valence-corrected chi connectivity index (χ4v) is 3.03. The first-order chi connectivity index (χ1) is 10.2. The van der Waals surface area contributed by atoms with E-state index in [-0.39, 0.29) is 11.9 Å². The van der Waals surface area contributed by atoms with Gasteiger partial charge >= 0.3 is 0 Å². The Morgan fingerprint density at radius 2 is 2.24 bits per heavy atom. The highest BCUT2D eigenvalue weighted by Gasteiger charge is 2.29. The molecule has 2 aromatic heterocycles. The van der Waals surface area contributed by atoms with Gasteiger partial charge in [-0.25, -0.2) is 4.98 Å². The summed E-state index contributed by atoms with van der Waals surface area (Å²) >= 11 is 0. The average Bonchev–Trinajstić information content (AvgIpc) is 3.16. The second kappa shape index (κ2) is 5.68. The zero-order valence-electron chi connectivity index (χ0n) is 12.5. The van der Waals surface area contributed by atoms with Crippen molar-refractivity contribution in [3.8, 4) is 11.4 Å². The van der Waals surface area contributed by atoms with Crippen LogP contribution in [0.1, 0.15) is 38.4 Å². The molecule has 1 fully saturated rings. The van der Waals surface area contributed by atoms with E-state index in [2.05, 4.69) is 12.0 Å². The van der Waals surface area contributed by atoms with E-state index >= 15 is 0 Å². The molecule has 1 aliphatic rings. The summed E-state index contributed by atoms with van der Waals surface area (Å²) < 4.78 is 1.93. The average molecular weight is 284 g/mol. The van der Waals surface area contributed by atoms with Crippen molar-refractivity contribution in [3.05, 3.63) is 36.2 Å². The fourth-order valence-electron chi connectivity index (χ4n) is 3.03. The summed E-state index contributed by atoms with van der Waals surface area (Å²) in [5.41, 5.74) is 2.91. The number of likely N-dealkylation sites (tertiary alicyclic amines) is 1. The molecular weight excluding hydrogens is 264 g/mol. The molecule has 0 saturated carbocycles. The highest BCUT2D eigenvalue weighted by atomic mass is 16.2. The first-order valence-electron chi connectivity index (χ1n) is 7.47. The fraction of sp³-hybridized carbons (Fsp3) is 0.438. The molecule has 5 heteroatoms. The van der Waals surface area contributed by atoms with E-state index in [1.54, 1.807) is 13.1 Å². The van der Waals surface area contributed by atoms with E-state index in [1.807, 2.05) is 33.8 Å². The number of pyridine rings is 1. The van der Waals surface area contributed by atoms with Gasteiger partial charge in [0.25, 0.3) is 0 Å². The van der Waals surface area contributed by atoms with Crippen molar-refractivity contribution in [3.63, 3.8) is 0 Å². The molecule has 5 nitrogen and oxygen atoms in total. The molecule has 1 saturated heterocycles. The van der Waals surface area contributed by atoms with Crippen LogP contribution in [0.15, 0.2) is 30.5 Å². The van der Waals surface area contributed by atoms with Crippen LogP contribution >= 0.6 is 0 Å². The monoisotopic (exact) mass is 284 g/mol. The Morgan fingerprint density at radius 1 is 1.38 bits per heavy atom. The molecule has 3 heterocycles. The standard InChI is InChI=1S/C16H20N4O/c1-3-20-16(9-10-17-20)14-7-4-6-13(18-14)15-8-5-11-19(15)12(2)21/h4,6-7,9-10,15H,3,5,8,11H2,1-2H3. The van der Waals surface area contributed by atoms with Crippen molar-refractivity contribution < 1.29 is 4.79 Å². The number of aryl methyl sites for hydroxylation is 1. The Bertz CT molecular complexity index is 649. The first kappa shape index (κ1) is 13.8. The van der Waals surface area contributed by atoms with E-state index in [9.17, 15) is 4.79 Å². The number of carbonyl (C=O) groups excluding carboxylic acids is 1. The van der Waals surface area contributed by atoms with Crippen LogP contribution in [0.4, 0.5) is 0 Å². The molecule has 1 amide bonds. The SMILES string of the molecule is CCn1nccc1-c1cccc(C2CCCN2C(C)=O)n1. The van der Waals surface area contributed by atoms with Gasteiger partial charge < -0.3 is 4.90 Å². The van der Waals surface area contributed by atoms with Crippen LogP contribution in [-0.2, 0) is 11.3 Å². The van der Waals surface area contributed by atoms with Gasteiger partial charge in [0.2, 0.25) is 5.91 Å². The van der Waals surface area contributed by atoms with Crippen LogP contribution in [0.3, 0.4) is 0 Å².